The second-order valence-electron chi connectivity index (χ2n) is 20.6. The Morgan fingerprint density at radius 1 is 0.447 bits per heavy atom. The van der Waals surface area contributed by atoms with Gasteiger partial charge in [0.25, 0.3) is 0 Å². The van der Waals surface area contributed by atoms with Crippen LogP contribution in [0.4, 0.5) is 22.7 Å². The van der Waals surface area contributed by atoms with E-state index in [1.54, 1.807) is 12.3 Å². The summed E-state index contributed by atoms with van der Waals surface area (Å²) in [4.78, 5) is 9.90. The standard InChI is InChI=1S/C71H56N4O/c1-48-41-69(72-46-63(48)52-27-15-8-16-28-52)75-64-40-37-54(49-21-9-5-10-22-49)42-61(64)62-44-60(51-25-13-7-14-26-51)68(45-67(62)75)76-57-30-19-29-56(43-57)73-47-74(66-34-18-17-33-65(66)73)70-58(50-23-11-6-12-24-50)31-20-32-59(70)53-35-38-55(39-36-53)71(2,3)4/h5-46H,47H2,1-4H3/i1D3. The average Bonchev–Trinajstić information content (AvgIpc) is 4.17. The van der Waals surface area contributed by atoms with Gasteiger partial charge < -0.3 is 14.5 Å². The van der Waals surface area contributed by atoms with Crippen LogP contribution in [0.2, 0.25) is 0 Å². The summed E-state index contributed by atoms with van der Waals surface area (Å²) >= 11 is 0. The van der Waals surface area contributed by atoms with Crippen molar-refractivity contribution in [2.45, 2.75) is 33.0 Å². The molecule has 0 saturated carbocycles. The van der Waals surface area contributed by atoms with Crippen LogP contribution >= 0.6 is 0 Å². The topological polar surface area (TPSA) is 33.5 Å². The summed E-state index contributed by atoms with van der Waals surface area (Å²) < 4.78 is 35.6. The van der Waals surface area contributed by atoms with Crippen molar-refractivity contribution in [2.24, 2.45) is 0 Å². The largest absolute Gasteiger partial charge is 0.457 e. The molecule has 13 rings (SSSR count). The predicted molar refractivity (Wildman–Crippen MR) is 318 cm³/mol. The van der Waals surface area contributed by atoms with Crippen molar-refractivity contribution in [3.63, 3.8) is 0 Å². The van der Waals surface area contributed by atoms with Crippen LogP contribution in [0.25, 0.3) is 83.3 Å². The second-order valence-corrected chi connectivity index (χ2v) is 20.6. The van der Waals surface area contributed by atoms with Crippen molar-refractivity contribution in [1.29, 1.82) is 0 Å². The number of nitrogens with zero attached hydrogens (tertiary/aromatic N) is 4. The van der Waals surface area contributed by atoms with Crippen molar-refractivity contribution in [3.05, 3.63) is 266 Å². The van der Waals surface area contributed by atoms with E-state index in [0.29, 0.717) is 29.5 Å². The van der Waals surface area contributed by atoms with Crippen molar-refractivity contribution in [2.75, 3.05) is 16.5 Å². The molecule has 3 heterocycles. The van der Waals surface area contributed by atoms with Crippen molar-refractivity contribution in [1.82, 2.24) is 9.55 Å². The Balaban J connectivity index is 0.949. The minimum atomic E-state index is -2.42. The van der Waals surface area contributed by atoms with Gasteiger partial charge in [0.15, 0.2) is 0 Å². The van der Waals surface area contributed by atoms with E-state index in [-0.39, 0.29) is 11.0 Å². The van der Waals surface area contributed by atoms with Gasteiger partial charge in [-0.05, 0) is 105 Å². The fourth-order valence-corrected chi connectivity index (χ4v) is 11.0. The molecule has 0 saturated heterocycles. The number of rotatable bonds is 10. The van der Waals surface area contributed by atoms with Gasteiger partial charge in [-0.15, -0.1) is 0 Å². The molecule has 76 heavy (non-hydrogen) atoms. The third-order valence-electron chi connectivity index (χ3n) is 14.8. The first-order valence-electron chi connectivity index (χ1n) is 27.5. The van der Waals surface area contributed by atoms with E-state index in [2.05, 4.69) is 217 Å². The average molecular weight is 984 g/mol. The zero-order valence-corrected chi connectivity index (χ0v) is 42.7. The molecule has 0 fully saturated rings. The number of anilines is 4. The predicted octanol–water partition coefficient (Wildman–Crippen LogP) is 19.2. The summed E-state index contributed by atoms with van der Waals surface area (Å²) in [6.07, 6.45) is 1.70. The van der Waals surface area contributed by atoms with Gasteiger partial charge in [0.2, 0.25) is 0 Å². The van der Waals surface area contributed by atoms with Gasteiger partial charge in [0, 0.05) is 61.2 Å². The quantitative estimate of drug-likeness (QED) is 0.137. The molecule has 0 bridgehead atoms. The second kappa shape index (κ2) is 19.1. The van der Waals surface area contributed by atoms with Gasteiger partial charge in [0.1, 0.15) is 24.0 Å². The highest BCUT2D eigenvalue weighted by molar-refractivity contribution is 6.12. The first kappa shape index (κ1) is 43.0. The third-order valence-corrected chi connectivity index (χ3v) is 14.8. The zero-order valence-electron chi connectivity index (χ0n) is 45.7. The number of aryl methyl sites for hydroxylation is 1. The monoisotopic (exact) mass is 983 g/mol. The maximum Gasteiger partial charge on any atom is 0.137 e. The van der Waals surface area contributed by atoms with Crippen LogP contribution in [0.1, 0.15) is 36.0 Å². The number of pyridine rings is 1. The number of benzene rings is 10. The maximum absolute atomic E-state index is 8.78. The Morgan fingerprint density at radius 3 is 1.64 bits per heavy atom. The summed E-state index contributed by atoms with van der Waals surface area (Å²) in [6, 6.07) is 86.3. The van der Waals surface area contributed by atoms with E-state index in [0.717, 1.165) is 94.6 Å². The lowest BCUT2D eigenvalue weighted by Gasteiger charge is -2.27. The minimum Gasteiger partial charge on any atom is -0.457 e. The minimum absolute atomic E-state index is 0.0314. The van der Waals surface area contributed by atoms with E-state index in [1.165, 1.54) is 5.56 Å². The molecule has 5 heteroatoms. The molecule has 0 N–H and O–H groups in total. The molecule has 1 aliphatic rings. The van der Waals surface area contributed by atoms with Crippen molar-refractivity contribution < 1.29 is 8.85 Å². The SMILES string of the molecule is [2H]C([2H])([2H])c1cc(-n2c3ccc(-c4ccccc4)cc3c3cc(-c4ccccc4)c(Oc4cccc(N5CN(c6c(-c7ccccc7)cccc6-c6ccc(C(C)(C)C)cc6)c6ccccc65)c4)cc32)ncc1-c1ccccc1. The third kappa shape index (κ3) is 8.46. The Hall–Kier alpha value is -9.45. The summed E-state index contributed by atoms with van der Waals surface area (Å²) in [5.74, 6) is 1.80. The Bertz CT molecular complexity index is 4210. The van der Waals surface area contributed by atoms with Crippen LogP contribution in [0.3, 0.4) is 0 Å². The van der Waals surface area contributed by atoms with Gasteiger partial charge in [-0.1, -0.05) is 209 Å². The van der Waals surface area contributed by atoms with E-state index >= 15 is 0 Å². The number of hydrogen-bond donors (Lipinski definition) is 0. The van der Waals surface area contributed by atoms with Gasteiger partial charge in [-0.2, -0.15) is 0 Å². The molecule has 1 aliphatic heterocycles. The van der Waals surface area contributed by atoms with Crippen molar-refractivity contribution >= 4 is 44.6 Å². The van der Waals surface area contributed by atoms with Gasteiger partial charge in [-0.25, -0.2) is 4.98 Å². The van der Waals surface area contributed by atoms with E-state index in [4.69, 9.17) is 13.8 Å². The number of fused-ring (bicyclic) bond motifs is 4. The van der Waals surface area contributed by atoms with Crippen molar-refractivity contribution in [3.8, 4) is 73.0 Å². The smallest absolute Gasteiger partial charge is 0.137 e. The van der Waals surface area contributed by atoms with Gasteiger partial charge in [-0.3, -0.25) is 4.57 Å². The number of hydrogen-bond acceptors (Lipinski definition) is 4. The normalized spacial score (nSPS) is 13.1. The molecule has 2 aromatic heterocycles. The lowest BCUT2D eigenvalue weighted by atomic mass is 9.86. The van der Waals surface area contributed by atoms with Crippen LogP contribution in [-0.2, 0) is 5.41 Å². The lowest BCUT2D eigenvalue weighted by Crippen LogP contribution is -2.25. The molecule has 0 spiro atoms. The molecule has 0 atom stereocenters. The zero-order chi connectivity index (χ0) is 53.8. The highest BCUT2D eigenvalue weighted by Gasteiger charge is 2.32. The van der Waals surface area contributed by atoms with E-state index < -0.39 is 6.85 Å². The van der Waals surface area contributed by atoms with Gasteiger partial charge >= 0.3 is 0 Å². The van der Waals surface area contributed by atoms with Crippen LogP contribution < -0.4 is 14.5 Å². The first-order chi connectivity index (χ1) is 38.4. The highest BCUT2D eigenvalue weighted by Crippen LogP contribution is 2.51. The molecule has 10 aromatic carbocycles. The van der Waals surface area contributed by atoms with E-state index in [1.807, 2.05) is 60.7 Å². The van der Waals surface area contributed by atoms with E-state index in [9.17, 15) is 0 Å². The summed E-state index contributed by atoms with van der Waals surface area (Å²) in [5.41, 5.74) is 17.6. The fraction of sp³-hybridized carbons (Fsp3) is 0.0845. The lowest BCUT2D eigenvalue weighted by molar-refractivity contribution is 0.485. The Labute approximate surface area is 449 Å². The Kier molecular flexibility index (Phi) is 10.8. The first-order valence-corrected chi connectivity index (χ1v) is 26.0. The molecular formula is C71H56N4O. The van der Waals surface area contributed by atoms with Crippen LogP contribution in [0.5, 0.6) is 11.5 Å². The van der Waals surface area contributed by atoms with Crippen LogP contribution in [0, 0.1) is 6.85 Å². The number of aromatic nitrogens is 2. The summed E-state index contributed by atoms with van der Waals surface area (Å²) in [5, 5.41) is 1.98. The molecule has 12 aromatic rings. The summed E-state index contributed by atoms with van der Waals surface area (Å²) in [7, 11) is 0. The fourth-order valence-electron chi connectivity index (χ4n) is 11.0. The summed E-state index contributed by atoms with van der Waals surface area (Å²) in [6.45, 7) is 4.91. The highest BCUT2D eigenvalue weighted by atomic mass is 16.5. The molecule has 366 valence electrons. The van der Waals surface area contributed by atoms with Gasteiger partial charge in [0.05, 0.1) is 28.1 Å². The molecule has 0 unspecified atom stereocenters. The molecule has 0 aliphatic carbocycles. The molecule has 0 amide bonds. The maximum atomic E-state index is 8.78. The molecular weight excluding hydrogens is 925 g/mol. The number of ether oxygens (including phenoxy) is 1. The Morgan fingerprint density at radius 2 is 1.00 bits per heavy atom. The molecule has 0 radical (unpaired) electrons. The van der Waals surface area contributed by atoms with Crippen LogP contribution in [-0.4, -0.2) is 16.2 Å². The molecule has 5 nitrogen and oxygen atoms in total. The van der Waals surface area contributed by atoms with Crippen LogP contribution in [0.15, 0.2) is 255 Å². The number of para-hydroxylation sites is 3.